The molecule has 0 saturated heterocycles. The molecule has 0 fully saturated rings. The number of halogens is 1. The van der Waals surface area contributed by atoms with Crippen molar-refractivity contribution in [2.75, 3.05) is 5.32 Å². The molecule has 2 aromatic rings. The van der Waals surface area contributed by atoms with Gasteiger partial charge in [0.05, 0.1) is 11.4 Å². The van der Waals surface area contributed by atoms with Crippen molar-refractivity contribution in [1.82, 2.24) is 9.97 Å². The third kappa shape index (κ3) is 2.84. The second-order valence-corrected chi connectivity index (χ2v) is 4.46. The summed E-state index contributed by atoms with van der Waals surface area (Å²) in [6.07, 6.45) is 0. The Balaban J connectivity index is 2.24. The highest BCUT2D eigenvalue weighted by molar-refractivity contribution is 9.10. The summed E-state index contributed by atoms with van der Waals surface area (Å²) in [6.45, 7) is 1.79. The molecule has 2 rings (SSSR count). The van der Waals surface area contributed by atoms with Crippen molar-refractivity contribution >= 4 is 27.5 Å². The number of H-pyrrole nitrogens is 1. The normalized spacial score (nSPS) is 10.1. The number of amides is 1. The average Bonchev–Trinajstić information content (AvgIpc) is 2.32. The van der Waals surface area contributed by atoms with Crippen LogP contribution in [-0.2, 0) is 0 Å². The lowest BCUT2D eigenvalue weighted by molar-refractivity contribution is 0.102. The van der Waals surface area contributed by atoms with E-state index >= 15 is 0 Å². The van der Waals surface area contributed by atoms with E-state index in [0.717, 1.165) is 0 Å². The smallest absolute Gasteiger partial charge is 0.272 e. The Kier molecular flexibility index (Phi) is 3.57. The molecule has 2 N–H and O–H groups in total. The highest BCUT2D eigenvalue weighted by atomic mass is 79.9. The number of carbonyl (C=O) groups is 1. The van der Waals surface area contributed by atoms with E-state index in [2.05, 4.69) is 31.2 Å². The molecule has 1 amide bonds. The molecule has 0 bridgehead atoms. The van der Waals surface area contributed by atoms with Crippen LogP contribution in [0.2, 0.25) is 0 Å². The molecule has 0 spiro atoms. The lowest BCUT2D eigenvalue weighted by Crippen LogP contribution is -2.18. The highest BCUT2D eigenvalue weighted by Gasteiger charge is 2.08. The van der Waals surface area contributed by atoms with Crippen LogP contribution in [-0.4, -0.2) is 15.9 Å². The fraction of sp³-hybridized carbons (Fsp3) is 0.0833. The number of pyridine rings is 2. The number of rotatable bonds is 2. The number of nitrogens with one attached hydrogen (secondary N) is 2. The maximum atomic E-state index is 11.9. The predicted octanol–water partition coefficient (Wildman–Crippen LogP) is 2.09. The van der Waals surface area contributed by atoms with Crippen molar-refractivity contribution in [3.05, 3.63) is 56.7 Å². The Morgan fingerprint density at radius 2 is 2.11 bits per heavy atom. The van der Waals surface area contributed by atoms with Crippen LogP contribution in [0.5, 0.6) is 0 Å². The molecule has 6 heteroatoms. The van der Waals surface area contributed by atoms with Gasteiger partial charge < -0.3 is 10.3 Å². The van der Waals surface area contributed by atoms with E-state index in [-0.39, 0.29) is 17.2 Å². The van der Waals surface area contributed by atoms with Gasteiger partial charge in [-0.25, -0.2) is 4.98 Å². The number of carbonyl (C=O) groups excluding carboxylic acids is 1. The maximum absolute atomic E-state index is 11.9. The minimum atomic E-state index is -0.375. The molecule has 92 valence electrons. The highest BCUT2D eigenvalue weighted by Crippen LogP contribution is 2.16. The molecule has 0 aliphatic carbocycles. The third-order valence-corrected chi connectivity index (χ3v) is 2.75. The molecule has 0 aliphatic heterocycles. The topological polar surface area (TPSA) is 74.8 Å². The zero-order valence-electron chi connectivity index (χ0n) is 9.53. The minimum Gasteiger partial charge on any atom is -0.319 e. The molecule has 0 atom stereocenters. The number of hydrogen-bond donors (Lipinski definition) is 2. The van der Waals surface area contributed by atoms with Crippen LogP contribution in [0, 0.1) is 6.92 Å². The van der Waals surface area contributed by atoms with Crippen LogP contribution in [0.3, 0.4) is 0 Å². The number of aromatic nitrogens is 2. The van der Waals surface area contributed by atoms with Crippen LogP contribution in [0.25, 0.3) is 0 Å². The van der Waals surface area contributed by atoms with Gasteiger partial charge in [0.2, 0.25) is 5.56 Å². The van der Waals surface area contributed by atoms with Crippen molar-refractivity contribution in [3.8, 4) is 0 Å². The van der Waals surface area contributed by atoms with Gasteiger partial charge >= 0.3 is 0 Å². The SMILES string of the molecule is Cc1nc(Br)ccc1NC(=O)c1cccc(=O)[nH]1. The first-order valence-corrected chi connectivity index (χ1v) is 5.99. The number of aryl methyl sites for hydroxylation is 1. The van der Waals surface area contributed by atoms with E-state index in [0.29, 0.717) is 16.0 Å². The van der Waals surface area contributed by atoms with Crippen molar-refractivity contribution in [3.63, 3.8) is 0 Å². The number of hydrogen-bond acceptors (Lipinski definition) is 3. The second-order valence-electron chi connectivity index (χ2n) is 3.65. The summed E-state index contributed by atoms with van der Waals surface area (Å²) in [5.74, 6) is -0.375. The van der Waals surface area contributed by atoms with E-state index in [1.54, 1.807) is 25.1 Å². The van der Waals surface area contributed by atoms with Gasteiger partial charge in [-0.15, -0.1) is 0 Å². The first kappa shape index (κ1) is 12.5. The van der Waals surface area contributed by atoms with Crippen molar-refractivity contribution < 1.29 is 4.79 Å². The average molecular weight is 308 g/mol. The van der Waals surface area contributed by atoms with Crippen LogP contribution in [0.4, 0.5) is 5.69 Å². The molecular formula is C12H10BrN3O2. The summed E-state index contributed by atoms with van der Waals surface area (Å²) in [5, 5.41) is 2.69. The van der Waals surface area contributed by atoms with Gasteiger partial charge in [-0.2, -0.15) is 0 Å². The Morgan fingerprint density at radius 3 is 2.78 bits per heavy atom. The Labute approximate surface area is 111 Å². The van der Waals surface area contributed by atoms with Gasteiger partial charge in [-0.3, -0.25) is 9.59 Å². The molecule has 0 unspecified atom stereocenters. The summed E-state index contributed by atoms with van der Waals surface area (Å²) in [5.41, 5.74) is 1.20. The molecule has 0 aromatic carbocycles. The molecule has 0 aliphatic rings. The van der Waals surface area contributed by atoms with Gasteiger partial charge in [0, 0.05) is 6.07 Å². The summed E-state index contributed by atoms with van der Waals surface area (Å²) in [4.78, 5) is 29.6. The van der Waals surface area contributed by atoms with Gasteiger partial charge in [0.15, 0.2) is 0 Å². The largest absolute Gasteiger partial charge is 0.319 e. The number of aromatic amines is 1. The summed E-state index contributed by atoms with van der Waals surface area (Å²) in [6, 6.07) is 7.89. The molecular weight excluding hydrogens is 298 g/mol. The van der Waals surface area contributed by atoms with Gasteiger partial charge in [0.25, 0.3) is 5.91 Å². The zero-order valence-corrected chi connectivity index (χ0v) is 11.1. The van der Waals surface area contributed by atoms with E-state index in [1.165, 1.54) is 12.1 Å². The van der Waals surface area contributed by atoms with Crippen molar-refractivity contribution in [2.45, 2.75) is 6.92 Å². The Morgan fingerprint density at radius 1 is 1.33 bits per heavy atom. The first-order valence-electron chi connectivity index (χ1n) is 5.20. The maximum Gasteiger partial charge on any atom is 0.272 e. The van der Waals surface area contributed by atoms with Crippen LogP contribution in [0.15, 0.2) is 39.7 Å². The van der Waals surface area contributed by atoms with E-state index in [4.69, 9.17) is 0 Å². The summed E-state index contributed by atoms with van der Waals surface area (Å²) < 4.78 is 0.700. The number of nitrogens with zero attached hydrogens (tertiary/aromatic N) is 1. The standard InChI is InChI=1S/C12H10BrN3O2/c1-7-8(5-6-10(13)14-7)16-12(18)9-3-2-4-11(17)15-9/h2-6H,1H3,(H,15,17)(H,16,18). The summed E-state index contributed by atoms with van der Waals surface area (Å²) in [7, 11) is 0. The molecule has 0 radical (unpaired) electrons. The van der Waals surface area contributed by atoms with E-state index in [9.17, 15) is 9.59 Å². The minimum absolute atomic E-state index is 0.213. The first-order chi connectivity index (χ1) is 8.56. The van der Waals surface area contributed by atoms with Crippen molar-refractivity contribution in [2.24, 2.45) is 0 Å². The monoisotopic (exact) mass is 307 g/mol. The van der Waals surface area contributed by atoms with Gasteiger partial charge in [0.1, 0.15) is 10.3 Å². The predicted molar refractivity (Wildman–Crippen MR) is 71.7 cm³/mol. The van der Waals surface area contributed by atoms with E-state index in [1.807, 2.05) is 0 Å². The fourth-order valence-electron chi connectivity index (χ4n) is 1.43. The van der Waals surface area contributed by atoms with Crippen LogP contribution >= 0.6 is 15.9 Å². The molecule has 5 nitrogen and oxygen atoms in total. The van der Waals surface area contributed by atoms with E-state index < -0.39 is 0 Å². The molecule has 2 heterocycles. The Hall–Kier alpha value is -1.95. The lowest BCUT2D eigenvalue weighted by Gasteiger charge is -2.07. The summed E-state index contributed by atoms with van der Waals surface area (Å²) >= 11 is 3.25. The molecule has 2 aromatic heterocycles. The lowest BCUT2D eigenvalue weighted by atomic mass is 10.3. The van der Waals surface area contributed by atoms with Crippen LogP contribution < -0.4 is 10.9 Å². The number of anilines is 1. The quantitative estimate of drug-likeness (QED) is 0.834. The van der Waals surface area contributed by atoms with Crippen molar-refractivity contribution in [1.29, 1.82) is 0 Å². The second kappa shape index (κ2) is 5.14. The Bertz CT molecular complexity index is 652. The molecule has 0 saturated carbocycles. The third-order valence-electron chi connectivity index (χ3n) is 2.31. The van der Waals surface area contributed by atoms with Gasteiger partial charge in [-0.1, -0.05) is 6.07 Å². The van der Waals surface area contributed by atoms with Crippen LogP contribution in [0.1, 0.15) is 16.2 Å². The zero-order chi connectivity index (χ0) is 13.1. The fourth-order valence-corrected chi connectivity index (χ4v) is 1.83. The molecule has 18 heavy (non-hydrogen) atoms. The van der Waals surface area contributed by atoms with Gasteiger partial charge in [-0.05, 0) is 41.1 Å².